The summed E-state index contributed by atoms with van der Waals surface area (Å²) in [6.45, 7) is 1.37. The zero-order chi connectivity index (χ0) is 17.2. The van der Waals surface area contributed by atoms with Crippen LogP contribution in [0.15, 0.2) is 18.2 Å². The summed E-state index contributed by atoms with van der Waals surface area (Å²) in [5.74, 6) is 0.157. The average molecular weight is 379 g/mol. The van der Waals surface area contributed by atoms with Crippen molar-refractivity contribution in [2.45, 2.75) is 43.8 Å². The molecule has 1 aliphatic carbocycles. The number of alkyl halides is 3. The van der Waals surface area contributed by atoms with E-state index in [0.717, 1.165) is 44.8 Å². The van der Waals surface area contributed by atoms with E-state index in [-0.39, 0.29) is 36.9 Å². The Morgan fingerprint density at radius 3 is 2.48 bits per heavy atom. The Bertz CT molecular complexity index is 600. The Hall–Kier alpha value is -1.47. The van der Waals surface area contributed by atoms with Gasteiger partial charge < -0.3 is 15.4 Å². The van der Waals surface area contributed by atoms with Crippen LogP contribution in [0.2, 0.25) is 0 Å². The molecule has 140 valence electrons. The summed E-state index contributed by atoms with van der Waals surface area (Å²) in [6.07, 6.45) is -0.917. The van der Waals surface area contributed by atoms with Gasteiger partial charge in [-0.1, -0.05) is 0 Å². The Kier molecular flexibility index (Phi) is 6.57. The first kappa shape index (κ1) is 19.8. The molecule has 2 fully saturated rings. The Morgan fingerprint density at radius 2 is 1.88 bits per heavy atom. The molecule has 1 aromatic carbocycles. The first-order chi connectivity index (χ1) is 11.4. The van der Waals surface area contributed by atoms with E-state index in [9.17, 15) is 18.0 Å². The summed E-state index contributed by atoms with van der Waals surface area (Å²) in [5.41, 5.74) is -0.128. The molecule has 0 aromatic heterocycles. The summed E-state index contributed by atoms with van der Waals surface area (Å²) < 4.78 is 44.6. The highest BCUT2D eigenvalue weighted by Crippen LogP contribution is 2.38. The summed E-state index contributed by atoms with van der Waals surface area (Å²) in [4.78, 5) is 11.8. The number of benzene rings is 1. The first-order valence-corrected chi connectivity index (χ1v) is 8.27. The fourth-order valence-electron chi connectivity index (χ4n) is 2.95. The number of ether oxygens (including phenoxy) is 1. The van der Waals surface area contributed by atoms with Crippen molar-refractivity contribution in [2.24, 2.45) is 0 Å². The lowest BCUT2D eigenvalue weighted by molar-refractivity contribution is -0.137. The number of halogens is 4. The van der Waals surface area contributed by atoms with Crippen LogP contribution < -0.4 is 15.4 Å². The third kappa shape index (κ3) is 5.51. The largest absolute Gasteiger partial charge is 0.483 e. The molecule has 1 heterocycles. The number of hydrogen-bond donors (Lipinski definition) is 2. The Balaban J connectivity index is 0.00000225. The molecule has 4 nitrogen and oxygen atoms in total. The maximum Gasteiger partial charge on any atom is 0.416 e. The van der Waals surface area contributed by atoms with Crippen LogP contribution in [0.4, 0.5) is 13.2 Å². The minimum atomic E-state index is -4.39. The molecule has 25 heavy (non-hydrogen) atoms. The smallest absolute Gasteiger partial charge is 0.416 e. The third-order valence-corrected chi connectivity index (χ3v) is 4.42. The molecule has 0 bridgehead atoms. The van der Waals surface area contributed by atoms with E-state index in [0.29, 0.717) is 11.3 Å². The van der Waals surface area contributed by atoms with E-state index >= 15 is 0 Å². The van der Waals surface area contributed by atoms with Crippen LogP contribution in [0, 0.1) is 0 Å². The van der Waals surface area contributed by atoms with Gasteiger partial charge >= 0.3 is 6.18 Å². The van der Waals surface area contributed by atoms with Crippen molar-refractivity contribution >= 4 is 18.3 Å². The van der Waals surface area contributed by atoms with E-state index in [2.05, 4.69) is 10.6 Å². The lowest BCUT2D eigenvalue weighted by atomic mass is 9.88. The average Bonchev–Trinajstić information content (AvgIpc) is 3.36. The van der Waals surface area contributed by atoms with Crippen LogP contribution in [0.1, 0.15) is 42.7 Å². The van der Waals surface area contributed by atoms with Gasteiger partial charge in [-0.2, -0.15) is 13.2 Å². The summed E-state index contributed by atoms with van der Waals surface area (Å²) in [5, 5.41) is 6.01. The molecule has 1 aromatic rings. The van der Waals surface area contributed by atoms with E-state index in [4.69, 9.17) is 4.74 Å². The molecule has 0 spiro atoms. The number of carbonyl (C=O) groups is 1. The van der Waals surface area contributed by atoms with Crippen LogP contribution in [-0.2, 0) is 11.0 Å². The van der Waals surface area contributed by atoms with Gasteiger partial charge in [-0.05, 0) is 68.5 Å². The van der Waals surface area contributed by atoms with Crippen molar-refractivity contribution in [1.29, 1.82) is 0 Å². The van der Waals surface area contributed by atoms with Crippen molar-refractivity contribution in [2.75, 3.05) is 19.7 Å². The molecule has 1 saturated carbocycles. The highest BCUT2D eigenvalue weighted by molar-refractivity contribution is 5.85. The minimum Gasteiger partial charge on any atom is -0.483 e. The molecule has 3 rings (SSSR count). The minimum absolute atomic E-state index is 0. The predicted molar refractivity (Wildman–Crippen MR) is 90.2 cm³/mol. The zero-order valence-corrected chi connectivity index (χ0v) is 14.5. The predicted octanol–water partition coefficient (Wildman–Crippen LogP) is 3.25. The topological polar surface area (TPSA) is 50.4 Å². The lowest BCUT2D eigenvalue weighted by Crippen LogP contribution is -2.31. The maximum atomic E-state index is 13.0. The number of piperidine rings is 1. The lowest BCUT2D eigenvalue weighted by Gasteiger charge is -2.25. The van der Waals surface area contributed by atoms with E-state index in [1.54, 1.807) is 0 Å². The molecule has 8 heteroatoms. The Labute approximate surface area is 150 Å². The number of rotatable bonds is 5. The second kappa shape index (κ2) is 8.27. The second-order valence-electron chi connectivity index (χ2n) is 6.41. The van der Waals surface area contributed by atoms with Gasteiger partial charge in [0.2, 0.25) is 0 Å². The van der Waals surface area contributed by atoms with Crippen molar-refractivity contribution in [3.8, 4) is 5.75 Å². The first-order valence-electron chi connectivity index (χ1n) is 8.27. The van der Waals surface area contributed by atoms with Crippen LogP contribution in [0.25, 0.3) is 0 Å². The molecule has 1 amide bonds. The van der Waals surface area contributed by atoms with Crippen molar-refractivity contribution in [3.63, 3.8) is 0 Å². The fraction of sp³-hybridized carbons (Fsp3) is 0.588. The molecule has 2 aliphatic rings. The molecule has 1 saturated heterocycles. The third-order valence-electron chi connectivity index (χ3n) is 4.42. The van der Waals surface area contributed by atoms with E-state index in [1.807, 2.05) is 0 Å². The molecule has 0 atom stereocenters. The Morgan fingerprint density at radius 1 is 1.20 bits per heavy atom. The summed E-state index contributed by atoms with van der Waals surface area (Å²) in [7, 11) is 0. The van der Waals surface area contributed by atoms with Gasteiger partial charge in [0.1, 0.15) is 5.75 Å². The number of hydrogen-bond acceptors (Lipinski definition) is 3. The van der Waals surface area contributed by atoms with Gasteiger partial charge in [0.15, 0.2) is 6.61 Å². The second-order valence-corrected chi connectivity index (χ2v) is 6.41. The number of amides is 1. The highest BCUT2D eigenvalue weighted by atomic mass is 35.5. The van der Waals surface area contributed by atoms with Crippen molar-refractivity contribution < 1.29 is 22.7 Å². The molecule has 1 aliphatic heterocycles. The molecule has 0 unspecified atom stereocenters. The fourth-order valence-corrected chi connectivity index (χ4v) is 2.95. The normalized spacial score (nSPS) is 18.4. The van der Waals surface area contributed by atoms with Crippen molar-refractivity contribution in [3.05, 3.63) is 29.3 Å². The molecular weight excluding hydrogens is 357 g/mol. The standard InChI is InChI=1S/C17H21F3N2O2.ClH/c18-17(19,20)12-1-4-15(24-10-16(23)22-13-2-3-13)14(9-12)11-5-7-21-8-6-11;/h1,4,9,11,13,21H,2-3,5-8,10H2,(H,22,23);1H. The van der Waals surface area contributed by atoms with Crippen LogP contribution in [-0.4, -0.2) is 31.6 Å². The van der Waals surface area contributed by atoms with Crippen LogP contribution >= 0.6 is 12.4 Å². The number of carbonyl (C=O) groups excluding carboxylic acids is 1. The van der Waals surface area contributed by atoms with Gasteiger partial charge in [0.25, 0.3) is 5.91 Å². The van der Waals surface area contributed by atoms with Crippen LogP contribution in [0.3, 0.4) is 0 Å². The summed E-state index contributed by atoms with van der Waals surface area (Å²) >= 11 is 0. The molecular formula is C17H22ClF3N2O2. The highest BCUT2D eigenvalue weighted by Gasteiger charge is 2.32. The SMILES string of the molecule is Cl.O=C(COc1ccc(C(F)(F)F)cc1C1CCNCC1)NC1CC1. The van der Waals surface area contributed by atoms with Gasteiger partial charge in [0.05, 0.1) is 5.56 Å². The van der Waals surface area contributed by atoms with Gasteiger partial charge in [-0.15, -0.1) is 12.4 Å². The molecule has 0 radical (unpaired) electrons. The maximum absolute atomic E-state index is 13.0. The quantitative estimate of drug-likeness (QED) is 0.827. The van der Waals surface area contributed by atoms with Crippen LogP contribution in [0.5, 0.6) is 5.75 Å². The van der Waals surface area contributed by atoms with Gasteiger partial charge in [-0.3, -0.25) is 4.79 Å². The van der Waals surface area contributed by atoms with E-state index in [1.165, 1.54) is 12.1 Å². The monoisotopic (exact) mass is 378 g/mol. The zero-order valence-electron chi connectivity index (χ0n) is 13.7. The van der Waals surface area contributed by atoms with Gasteiger partial charge in [-0.25, -0.2) is 0 Å². The van der Waals surface area contributed by atoms with Gasteiger partial charge in [0, 0.05) is 6.04 Å². The molecule has 2 N–H and O–H groups in total. The number of nitrogens with one attached hydrogen (secondary N) is 2. The summed E-state index contributed by atoms with van der Waals surface area (Å²) in [6, 6.07) is 3.76. The van der Waals surface area contributed by atoms with Crippen molar-refractivity contribution in [1.82, 2.24) is 10.6 Å². The van der Waals surface area contributed by atoms with E-state index < -0.39 is 11.7 Å².